The van der Waals surface area contributed by atoms with E-state index in [-0.39, 0.29) is 31.6 Å². The number of piperidine rings is 1. The van der Waals surface area contributed by atoms with Gasteiger partial charge in [-0.05, 0) is 73.1 Å². The minimum Gasteiger partial charge on any atom is -0.445 e. The van der Waals surface area contributed by atoms with Crippen LogP contribution in [0, 0.1) is 6.92 Å². The van der Waals surface area contributed by atoms with Crippen molar-refractivity contribution in [3.63, 3.8) is 0 Å². The number of aliphatic hydroxyl groups is 1. The summed E-state index contributed by atoms with van der Waals surface area (Å²) >= 11 is 6.47. The zero-order chi connectivity index (χ0) is 33.3. The van der Waals surface area contributed by atoms with Gasteiger partial charge in [0.2, 0.25) is 5.91 Å². The minimum atomic E-state index is -1.11. The van der Waals surface area contributed by atoms with E-state index in [1.54, 1.807) is 16.1 Å². The molecule has 1 N–H and O–H groups in total. The van der Waals surface area contributed by atoms with Gasteiger partial charge >= 0.3 is 6.09 Å². The second-order valence-electron chi connectivity index (χ2n) is 13.3. The average Bonchev–Trinajstić information content (AvgIpc) is 3.42. The smallest absolute Gasteiger partial charge is 0.410 e. The molecule has 4 heterocycles. The van der Waals surface area contributed by atoms with Crippen molar-refractivity contribution in [2.24, 2.45) is 0 Å². The van der Waals surface area contributed by atoms with Crippen molar-refractivity contribution in [1.29, 1.82) is 0 Å². The molecule has 2 fully saturated rings. The second kappa shape index (κ2) is 13.7. The van der Waals surface area contributed by atoms with E-state index in [4.69, 9.17) is 21.3 Å². The fraction of sp³-hybridized carbons (Fsp3) is 0.405. The van der Waals surface area contributed by atoms with E-state index in [1.807, 2.05) is 72.4 Å². The highest BCUT2D eigenvalue weighted by atomic mass is 35.5. The van der Waals surface area contributed by atoms with Crippen LogP contribution in [0.2, 0.25) is 5.02 Å². The van der Waals surface area contributed by atoms with Gasteiger partial charge in [-0.15, -0.1) is 0 Å². The third kappa shape index (κ3) is 6.83. The number of halogens is 1. The lowest BCUT2D eigenvalue weighted by atomic mass is 9.91. The van der Waals surface area contributed by atoms with E-state index < -0.39 is 17.7 Å². The highest BCUT2D eigenvalue weighted by Gasteiger charge is 2.44. The lowest BCUT2D eigenvalue weighted by Crippen LogP contribution is -2.64. The number of hydrogen-bond acceptors (Lipinski definition) is 7. The maximum absolute atomic E-state index is 14.6. The van der Waals surface area contributed by atoms with E-state index >= 15 is 0 Å². The van der Waals surface area contributed by atoms with Gasteiger partial charge in [-0.1, -0.05) is 54.1 Å². The third-order valence-corrected chi connectivity index (χ3v) is 10.1. The first kappa shape index (κ1) is 32.3. The van der Waals surface area contributed by atoms with E-state index in [1.165, 1.54) is 5.56 Å². The van der Waals surface area contributed by atoms with Gasteiger partial charge in [-0.2, -0.15) is 0 Å². The molecule has 2 aromatic heterocycles. The van der Waals surface area contributed by atoms with Gasteiger partial charge in [0.25, 0.3) is 0 Å². The molecule has 3 atom stereocenters. The van der Waals surface area contributed by atoms with Crippen molar-refractivity contribution < 1.29 is 19.4 Å². The predicted molar refractivity (Wildman–Crippen MR) is 181 cm³/mol. The van der Waals surface area contributed by atoms with Gasteiger partial charge < -0.3 is 19.3 Å². The molecule has 250 valence electrons. The number of benzene rings is 2. The molecule has 0 radical (unpaired) electrons. The van der Waals surface area contributed by atoms with E-state index in [9.17, 15) is 14.7 Å². The van der Waals surface area contributed by atoms with Gasteiger partial charge in [0, 0.05) is 43.6 Å². The molecule has 11 heteroatoms. The number of β-amino-alcohol motifs (C(OH)–C–C–N with tert-alkyl or cyclic N) is 1. The van der Waals surface area contributed by atoms with Gasteiger partial charge in [0.1, 0.15) is 18.2 Å². The number of aryl methyl sites for hydroxylation is 3. The Balaban J connectivity index is 1.19. The van der Waals surface area contributed by atoms with Crippen molar-refractivity contribution >= 4 is 23.6 Å². The van der Waals surface area contributed by atoms with E-state index in [0.29, 0.717) is 44.0 Å². The first-order chi connectivity index (χ1) is 23.3. The van der Waals surface area contributed by atoms with Gasteiger partial charge in [-0.25, -0.2) is 9.78 Å². The van der Waals surface area contributed by atoms with Crippen molar-refractivity contribution in [3.8, 4) is 0 Å². The van der Waals surface area contributed by atoms with Crippen LogP contribution in [0.5, 0.6) is 0 Å². The highest BCUT2D eigenvalue weighted by molar-refractivity contribution is 6.30. The van der Waals surface area contributed by atoms with Crippen LogP contribution in [0.25, 0.3) is 0 Å². The molecular weight excluding hydrogens is 628 g/mol. The standard InChI is InChI=1S/C37H41ClN6O4/c1-26-20-41(25-40-26)23-37(47)14-6-16-43(24-37)35(45)32-21-42(17-18-44(32)36(46)48-22-27-7-3-2-4-8-27)34-31-13-12-30(38)19-29(31)11-10-28-9-5-15-39-33(28)34/h2-5,7-9,12-13,15,19-20,25,32,34,47H,6,10-11,14,16-18,21-24H2,1H3/t32-,34-,37?/m1/s1. The molecule has 0 spiro atoms. The molecule has 2 aliphatic heterocycles. The molecule has 2 aromatic carbocycles. The molecule has 1 aliphatic carbocycles. The first-order valence-electron chi connectivity index (χ1n) is 16.7. The van der Waals surface area contributed by atoms with Gasteiger partial charge in [-0.3, -0.25) is 19.6 Å². The van der Waals surface area contributed by atoms with Crippen LogP contribution >= 0.6 is 11.6 Å². The summed E-state index contributed by atoms with van der Waals surface area (Å²) < 4.78 is 7.67. The number of amides is 2. The predicted octanol–water partition coefficient (Wildman–Crippen LogP) is 4.80. The number of hydrogen-bond donors (Lipinski definition) is 1. The number of carbonyl (C=O) groups is 2. The van der Waals surface area contributed by atoms with Gasteiger partial charge in [0.15, 0.2) is 0 Å². The van der Waals surface area contributed by atoms with Crippen LogP contribution < -0.4 is 0 Å². The number of imidazole rings is 1. The summed E-state index contributed by atoms with van der Waals surface area (Å²) in [6.45, 7) is 4.15. The molecule has 10 nitrogen and oxygen atoms in total. The summed E-state index contributed by atoms with van der Waals surface area (Å²) in [5, 5.41) is 12.4. The average molecular weight is 669 g/mol. The number of ether oxygens (including phenoxy) is 1. The number of likely N-dealkylation sites (tertiary alicyclic amines) is 1. The largest absolute Gasteiger partial charge is 0.445 e. The van der Waals surface area contributed by atoms with Crippen molar-refractivity contribution in [2.45, 2.75) is 63.4 Å². The molecule has 0 bridgehead atoms. The van der Waals surface area contributed by atoms with Crippen molar-refractivity contribution in [2.75, 3.05) is 32.7 Å². The number of nitrogens with zero attached hydrogens (tertiary/aromatic N) is 6. The maximum Gasteiger partial charge on any atom is 0.410 e. The van der Waals surface area contributed by atoms with Crippen LogP contribution in [0.3, 0.4) is 0 Å². The van der Waals surface area contributed by atoms with Crippen molar-refractivity contribution in [1.82, 2.24) is 29.2 Å². The topological polar surface area (TPSA) is 104 Å². The fourth-order valence-corrected chi connectivity index (χ4v) is 7.76. The third-order valence-electron chi connectivity index (χ3n) is 9.86. The lowest BCUT2D eigenvalue weighted by molar-refractivity contribution is -0.147. The Kier molecular flexibility index (Phi) is 9.22. The number of pyridine rings is 1. The number of fused-ring (bicyclic) bond motifs is 2. The number of rotatable bonds is 6. The van der Waals surface area contributed by atoms with E-state index in [0.717, 1.165) is 40.9 Å². The van der Waals surface area contributed by atoms with Crippen LogP contribution in [0.1, 0.15) is 52.5 Å². The Morgan fingerprint density at radius 3 is 2.67 bits per heavy atom. The maximum atomic E-state index is 14.6. The Labute approximate surface area is 285 Å². The molecule has 7 rings (SSSR count). The van der Waals surface area contributed by atoms with Crippen LogP contribution in [-0.4, -0.2) is 90.7 Å². The molecule has 4 aromatic rings. The number of aromatic nitrogens is 3. The Bertz CT molecular complexity index is 1780. The Hall–Kier alpha value is -4.25. The quantitative estimate of drug-likeness (QED) is 0.315. The summed E-state index contributed by atoms with van der Waals surface area (Å²) in [6.07, 6.45) is 7.79. The van der Waals surface area contributed by atoms with Gasteiger partial charge in [0.05, 0.1) is 36.8 Å². The molecular formula is C37H41ClN6O4. The van der Waals surface area contributed by atoms with E-state index in [2.05, 4.69) is 22.0 Å². The summed E-state index contributed by atoms with van der Waals surface area (Å²) in [4.78, 5) is 43.1. The molecule has 3 aliphatic rings. The summed E-state index contributed by atoms with van der Waals surface area (Å²) in [5.74, 6) is -0.192. The molecule has 48 heavy (non-hydrogen) atoms. The summed E-state index contributed by atoms with van der Waals surface area (Å²) in [5.41, 5.74) is 5.04. The molecule has 0 saturated carbocycles. The van der Waals surface area contributed by atoms with Crippen molar-refractivity contribution in [3.05, 3.63) is 118 Å². The normalized spacial score (nSPS) is 22.8. The SMILES string of the molecule is Cc1cn(CC2(O)CCCN(C(=O)[C@H]3CN([C@@H]4c5ccc(Cl)cc5CCc5cccnc54)CCN3C(=O)OCc3ccccc3)C2)cn1. The minimum absolute atomic E-state index is 0.114. The second-order valence-corrected chi connectivity index (χ2v) is 13.7. The fourth-order valence-electron chi connectivity index (χ4n) is 7.56. The monoisotopic (exact) mass is 668 g/mol. The molecule has 1 unspecified atom stereocenters. The summed E-state index contributed by atoms with van der Waals surface area (Å²) in [7, 11) is 0. The lowest BCUT2D eigenvalue weighted by Gasteiger charge is -2.46. The van der Waals surface area contributed by atoms with Crippen LogP contribution in [0.15, 0.2) is 79.4 Å². The van der Waals surface area contributed by atoms with Crippen LogP contribution in [-0.2, 0) is 35.5 Å². The summed E-state index contributed by atoms with van der Waals surface area (Å²) in [6, 6.07) is 18.6. The Morgan fingerprint density at radius 1 is 1.02 bits per heavy atom. The number of piperazine rings is 1. The zero-order valence-corrected chi connectivity index (χ0v) is 27.9. The highest BCUT2D eigenvalue weighted by Crippen LogP contribution is 2.38. The molecule has 2 saturated heterocycles. The van der Waals surface area contributed by atoms with Crippen LogP contribution in [0.4, 0.5) is 4.79 Å². The number of carbonyl (C=O) groups excluding carboxylic acids is 2. The zero-order valence-electron chi connectivity index (χ0n) is 27.2. The molecule has 2 amide bonds. The first-order valence-corrected chi connectivity index (χ1v) is 17.1. The Morgan fingerprint density at radius 2 is 1.85 bits per heavy atom.